The third-order valence-corrected chi connectivity index (χ3v) is 8.28. The zero-order valence-electron chi connectivity index (χ0n) is 24.5. The quantitative estimate of drug-likeness (QED) is 0.108. The summed E-state index contributed by atoms with van der Waals surface area (Å²) in [6.45, 7) is -0.276. The van der Waals surface area contributed by atoms with Crippen LogP contribution in [0.4, 0.5) is 0 Å². The van der Waals surface area contributed by atoms with Crippen molar-refractivity contribution in [2.45, 2.75) is 60.5 Å². The highest BCUT2D eigenvalue weighted by atomic mass is 32.2. The predicted molar refractivity (Wildman–Crippen MR) is 158 cm³/mol. The second-order valence-electron chi connectivity index (χ2n) is 10.0. The molecule has 244 valence electrons. The number of carbonyl (C=O) groups excluding carboxylic acids is 2. The Hall–Kier alpha value is -2.99. The Morgan fingerprint density at radius 3 is 2.07 bits per heavy atom. The second-order valence-corrected chi connectivity index (χ2v) is 11.3. The Morgan fingerprint density at radius 2 is 1.55 bits per heavy atom. The fraction of sp³-hybridized carbons (Fsp3) is 0.517. The van der Waals surface area contributed by atoms with Gasteiger partial charge in [-0.15, -0.1) is 0 Å². The molecule has 14 nitrogen and oxygen atoms in total. The molecular weight excluding hydrogens is 600 g/mol. The lowest BCUT2D eigenvalue weighted by atomic mass is 9.96. The van der Waals surface area contributed by atoms with Crippen molar-refractivity contribution in [3.05, 3.63) is 59.7 Å². The van der Waals surface area contributed by atoms with Gasteiger partial charge in [0, 0.05) is 17.7 Å². The van der Waals surface area contributed by atoms with Crippen molar-refractivity contribution in [1.29, 1.82) is 0 Å². The average molecular weight is 641 g/mol. The number of nitrogens with one attached hydrogen (secondary N) is 2. The first-order chi connectivity index (χ1) is 21.0. The van der Waals surface area contributed by atoms with E-state index in [4.69, 9.17) is 18.9 Å². The van der Waals surface area contributed by atoms with E-state index in [1.54, 1.807) is 30.3 Å². The SMILES string of the molecule is COc1cccc(C(=O)NCC(O)C(OC(CO)[C@@H](C)O)S[C@@H]2O[C@H](CO)C(O)C(NC(=O)c3cccc(OC)c3)C2O)c1. The summed E-state index contributed by atoms with van der Waals surface area (Å²) in [6.07, 6.45) is -8.16. The van der Waals surface area contributed by atoms with Crippen LogP contribution in [0.25, 0.3) is 0 Å². The fourth-order valence-corrected chi connectivity index (χ4v) is 5.64. The maximum absolute atomic E-state index is 13.0. The minimum Gasteiger partial charge on any atom is -0.497 e. The minimum absolute atomic E-state index is 0.186. The molecule has 0 aromatic heterocycles. The molecule has 2 aromatic carbocycles. The molecule has 2 amide bonds. The van der Waals surface area contributed by atoms with Crippen molar-refractivity contribution in [3.8, 4) is 11.5 Å². The third kappa shape index (κ3) is 9.26. The molecule has 3 rings (SSSR count). The van der Waals surface area contributed by atoms with Crippen LogP contribution in [-0.2, 0) is 9.47 Å². The van der Waals surface area contributed by atoms with Crippen LogP contribution in [-0.4, -0.2) is 130 Å². The van der Waals surface area contributed by atoms with E-state index in [0.29, 0.717) is 11.5 Å². The molecule has 0 saturated carbocycles. The lowest BCUT2D eigenvalue weighted by Crippen LogP contribution is -2.64. The zero-order valence-corrected chi connectivity index (χ0v) is 25.3. The maximum Gasteiger partial charge on any atom is 0.251 e. The van der Waals surface area contributed by atoms with Crippen LogP contribution in [0.2, 0.25) is 0 Å². The summed E-state index contributed by atoms with van der Waals surface area (Å²) >= 11 is 0.719. The van der Waals surface area contributed by atoms with Crippen LogP contribution >= 0.6 is 11.8 Å². The van der Waals surface area contributed by atoms with Gasteiger partial charge in [0.15, 0.2) is 0 Å². The third-order valence-electron chi connectivity index (χ3n) is 6.93. The molecule has 9 atom stereocenters. The number of rotatable bonds is 15. The first-order valence-electron chi connectivity index (χ1n) is 13.8. The number of ether oxygens (including phenoxy) is 4. The van der Waals surface area contributed by atoms with Crippen LogP contribution in [0.15, 0.2) is 48.5 Å². The summed E-state index contributed by atoms with van der Waals surface area (Å²) in [5.41, 5.74) is -2.17. The minimum atomic E-state index is -1.59. The van der Waals surface area contributed by atoms with Crippen molar-refractivity contribution >= 4 is 23.6 Å². The van der Waals surface area contributed by atoms with E-state index in [2.05, 4.69) is 10.6 Å². The van der Waals surface area contributed by atoms with Crippen molar-refractivity contribution < 1.29 is 59.2 Å². The second kappa shape index (κ2) is 16.9. The Balaban J connectivity index is 1.79. The molecule has 1 saturated heterocycles. The number of carbonyl (C=O) groups is 2. The summed E-state index contributed by atoms with van der Waals surface area (Å²) in [5, 5.41) is 67.9. The van der Waals surface area contributed by atoms with Gasteiger partial charge < -0.3 is 60.2 Å². The summed E-state index contributed by atoms with van der Waals surface area (Å²) in [6, 6.07) is 11.2. The number of aliphatic hydroxyl groups is 6. The molecule has 0 aliphatic carbocycles. The molecule has 8 N–H and O–H groups in total. The Kier molecular flexibility index (Phi) is 13.6. The van der Waals surface area contributed by atoms with E-state index in [-0.39, 0.29) is 17.7 Å². The van der Waals surface area contributed by atoms with Crippen LogP contribution < -0.4 is 20.1 Å². The summed E-state index contributed by atoms with van der Waals surface area (Å²) in [7, 11) is 2.89. The Bertz CT molecular complexity index is 1220. The zero-order chi connectivity index (χ0) is 32.4. The normalized spacial score (nSPS) is 24.4. The van der Waals surface area contributed by atoms with Crippen LogP contribution in [0.1, 0.15) is 27.6 Å². The van der Waals surface area contributed by atoms with Gasteiger partial charge in [0.25, 0.3) is 11.8 Å². The Morgan fingerprint density at radius 1 is 0.955 bits per heavy atom. The van der Waals surface area contributed by atoms with Gasteiger partial charge in [-0.1, -0.05) is 23.9 Å². The van der Waals surface area contributed by atoms with Crippen molar-refractivity contribution in [3.63, 3.8) is 0 Å². The van der Waals surface area contributed by atoms with Gasteiger partial charge in [0.05, 0.1) is 39.6 Å². The van der Waals surface area contributed by atoms with Gasteiger partial charge in [0.2, 0.25) is 0 Å². The molecule has 15 heteroatoms. The predicted octanol–water partition coefficient (Wildman–Crippen LogP) is -1.15. The molecular formula is C29H40N2O12S. The molecule has 1 heterocycles. The first kappa shape index (κ1) is 35.5. The van der Waals surface area contributed by atoms with Gasteiger partial charge in [-0.2, -0.15) is 0 Å². The van der Waals surface area contributed by atoms with Gasteiger partial charge in [-0.25, -0.2) is 0 Å². The van der Waals surface area contributed by atoms with Crippen molar-refractivity contribution in [2.75, 3.05) is 34.0 Å². The number of benzene rings is 2. The molecule has 1 aliphatic rings. The standard InChI is InChI=1S/C29H40N2O12S/c1-15(34)21(13-32)42-28(20(35)12-30-26(38)16-6-4-8-18(10-16)40-2)44-29-25(37)23(24(36)22(14-33)43-29)31-27(39)17-7-5-9-19(11-17)41-3/h4-11,15,20-25,28-29,32-37H,12-14H2,1-3H3,(H,30,38)(H,31,39)/t15-,20?,21?,22-,23?,24?,25?,28?,29+/m1/s1. The van der Waals surface area contributed by atoms with Crippen molar-refractivity contribution in [1.82, 2.24) is 10.6 Å². The van der Waals surface area contributed by atoms with Gasteiger partial charge >= 0.3 is 0 Å². The van der Waals surface area contributed by atoms with E-state index in [0.717, 1.165) is 11.8 Å². The monoisotopic (exact) mass is 640 g/mol. The summed E-state index contributed by atoms with van der Waals surface area (Å²) in [5.74, 6) is -0.304. The van der Waals surface area contributed by atoms with E-state index < -0.39 is 78.6 Å². The summed E-state index contributed by atoms with van der Waals surface area (Å²) < 4.78 is 21.8. The topological polar surface area (TPSA) is 216 Å². The van der Waals surface area contributed by atoms with E-state index >= 15 is 0 Å². The number of aliphatic hydroxyl groups excluding tert-OH is 6. The van der Waals surface area contributed by atoms with Crippen LogP contribution in [0, 0.1) is 0 Å². The molecule has 0 bridgehead atoms. The highest BCUT2D eigenvalue weighted by Crippen LogP contribution is 2.34. The number of hydrogen-bond donors (Lipinski definition) is 8. The number of methoxy groups -OCH3 is 2. The van der Waals surface area contributed by atoms with Crippen LogP contribution in [0.5, 0.6) is 11.5 Å². The molecule has 0 spiro atoms. The number of amides is 2. The smallest absolute Gasteiger partial charge is 0.251 e. The molecule has 44 heavy (non-hydrogen) atoms. The maximum atomic E-state index is 13.0. The highest BCUT2D eigenvalue weighted by molar-refractivity contribution is 8.00. The van der Waals surface area contributed by atoms with E-state index in [1.807, 2.05) is 0 Å². The molecule has 6 unspecified atom stereocenters. The van der Waals surface area contributed by atoms with E-state index in [1.165, 1.54) is 39.3 Å². The molecule has 2 aromatic rings. The van der Waals surface area contributed by atoms with Crippen LogP contribution in [0.3, 0.4) is 0 Å². The average Bonchev–Trinajstić information content (AvgIpc) is 3.04. The van der Waals surface area contributed by atoms with Gasteiger partial charge in [-0.3, -0.25) is 9.59 Å². The summed E-state index contributed by atoms with van der Waals surface area (Å²) in [4.78, 5) is 25.7. The van der Waals surface area contributed by atoms with Crippen molar-refractivity contribution in [2.24, 2.45) is 0 Å². The Labute approximate surface area is 258 Å². The number of hydrogen-bond acceptors (Lipinski definition) is 13. The van der Waals surface area contributed by atoms with Gasteiger partial charge in [-0.05, 0) is 43.3 Å². The molecule has 1 fully saturated rings. The first-order valence-corrected chi connectivity index (χ1v) is 14.7. The largest absolute Gasteiger partial charge is 0.497 e. The number of thioether (sulfide) groups is 1. The lowest BCUT2D eigenvalue weighted by Gasteiger charge is -2.43. The van der Waals surface area contributed by atoms with E-state index in [9.17, 15) is 40.2 Å². The molecule has 1 aliphatic heterocycles. The fourth-order valence-electron chi connectivity index (χ4n) is 4.36. The van der Waals surface area contributed by atoms with Gasteiger partial charge in [0.1, 0.15) is 52.9 Å². The molecule has 0 radical (unpaired) electrons. The highest BCUT2D eigenvalue weighted by Gasteiger charge is 2.47. The lowest BCUT2D eigenvalue weighted by molar-refractivity contribution is -0.166.